The van der Waals surface area contributed by atoms with Gasteiger partial charge in [0.1, 0.15) is 11.4 Å². The molecule has 1 saturated heterocycles. The van der Waals surface area contributed by atoms with Crippen LogP contribution in [-0.2, 0) is 10.3 Å². The molecular formula is C8H9BrO2. The van der Waals surface area contributed by atoms with Crippen molar-refractivity contribution in [3.8, 4) is 0 Å². The van der Waals surface area contributed by atoms with Crippen molar-refractivity contribution >= 4 is 15.9 Å². The summed E-state index contributed by atoms with van der Waals surface area (Å²) < 4.78 is 11.5. The average molecular weight is 217 g/mol. The van der Waals surface area contributed by atoms with Crippen molar-refractivity contribution in [2.24, 2.45) is 0 Å². The largest absolute Gasteiger partial charge is 0.451 e. The van der Waals surface area contributed by atoms with Gasteiger partial charge in [-0.05, 0) is 41.4 Å². The van der Waals surface area contributed by atoms with Gasteiger partial charge in [-0.15, -0.1) is 0 Å². The molecule has 1 atom stereocenters. The van der Waals surface area contributed by atoms with Crippen LogP contribution in [-0.4, -0.2) is 6.61 Å². The van der Waals surface area contributed by atoms with E-state index in [-0.39, 0.29) is 5.60 Å². The number of furan rings is 1. The van der Waals surface area contributed by atoms with Gasteiger partial charge in [-0.3, -0.25) is 0 Å². The first kappa shape index (κ1) is 7.37. The molecule has 0 amide bonds. The molecule has 1 aliphatic rings. The van der Waals surface area contributed by atoms with Crippen LogP contribution in [0.25, 0.3) is 0 Å². The smallest absolute Gasteiger partial charge is 0.169 e. The van der Waals surface area contributed by atoms with Gasteiger partial charge in [-0.25, -0.2) is 0 Å². The molecular weight excluding hydrogens is 208 g/mol. The average Bonchev–Trinajstić information content (AvgIpc) is 2.55. The second-order valence-electron chi connectivity index (χ2n) is 3.08. The Morgan fingerprint density at radius 2 is 2.27 bits per heavy atom. The molecule has 0 bridgehead atoms. The number of ether oxygens (including phenoxy) is 1. The van der Waals surface area contributed by atoms with Crippen LogP contribution in [0.2, 0.25) is 0 Å². The van der Waals surface area contributed by atoms with Crippen molar-refractivity contribution in [2.45, 2.75) is 19.4 Å². The van der Waals surface area contributed by atoms with Gasteiger partial charge >= 0.3 is 0 Å². The maximum absolute atomic E-state index is 5.43. The summed E-state index contributed by atoms with van der Waals surface area (Å²) in [7, 11) is 0. The van der Waals surface area contributed by atoms with Crippen molar-refractivity contribution < 1.29 is 9.15 Å². The van der Waals surface area contributed by atoms with Crippen molar-refractivity contribution in [1.82, 2.24) is 0 Å². The fourth-order valence-electron chi connectivity index (χ4n) is 1.21. The van der Waals surface area contributed by atoms with Gasteiger partial charge in [-0.1, -0.05) is 0 Å². The molecule has 1 unspecified atom stereocenters. The predicted molar refractivity (Wildman–Crippen MR) is 44.4 cm³/mol. The van der Waals surface area contributed by atoms with Crippen molar-refractivity contribution in [1.29, 1.82) is 0 Å². The minimum atomic E-state index is -0.143. The maximum atomic E-state index is 5.43. The van der Waals surface area contributed by atoms with Gasteiger partial charge in [0, 0.05) is 0 Å². The Bertz CT molecular complexity index is 286. The van der Waals surface area contributed by atoms with E-state index in [1.54, 1.807) is 0 Å². The summed E-state index contributed by atoms with van der Waals surface area (Å²) in [4.78, 5) is 0. The third-order valence-electron chi connectivity index (χ3n) is 1.95. The number of halogens is 1. The maximum Gasteiger partial charge on any atom is 0.169 e. The Morgan fingerprint density at radius 3 is 2.64 bits per heavy atom. The predicted octanol–water partition coefficient (Wildman–Crippen LogP) is 2.60. The molecule has 0 radical (unpaired) electrons. The van der Waals surface area contributed by atoms with Gasteiger partial charge in [0.05, 0.1) is 6.61 Å². The molecule has 0 aromatic carbocycles. The lowest BCUT2D eigenvalue weighted by Crippen LogP contribution is -2.01. The summed E-state index contributed by atoms with van der Waals surface area (Å²) in [5.41, 5.74) is 1.01. The number of epoxide rings is 1. The van der Waals surface area contributed by atoms with Crippen LogP contribution in [0.4, 0.5) is 0 Å². The van der Waals surface area contributed by atoms with E-state index < -0.39 is 0 Å². The first-order chi connectivity index (χ1) is 5.12. The normalized spacial score (nSPS) is 29.0. The molecule has 60 valence electrons. The Kier molecular flexibility index (Phi) is 1.41. The summed E-state index contributed by atoms with van der Waals surface area (Å²) in [6, 6.07) is 1.96. The molecule has 0 aliphatic carbocycles. The van der Waals surface area contributed by atoms with Crippen LogP contribution in [0.1, 0.15) is 18.2 Å². The second kappa shape index (κ2) is 2.11. The van der Waals surface area contributed by atoms with Crippen molar-refractivity contribution in [3.63, 3.8) is 0 Å². The number of hydrogen-bond donors (Lipinski definition) is 0. The highest BCUT2D eigenvalue weighted by Gasteiger charge is 2.45. The molecule has 0 N–H and O–H groups in total. The standard InChI is InChI=1S/C8H9BrO2/c1-5-3-6(9)11-7(5)8(2)4-10-8/h3H,4H2,1-2H3. The zero-order valence-corrected chi connectivity index (χ0v) is 8.06. The number of aryl methyl sites for hydroxylation is 1. The number of hydrogen-bond acceptors (Lipinski definition) is 2. The van der Waals surface area contributed by atoms with Crippen molar-refractivity contribution in [2.75, 3.05) is 6.61 Å². The fraction of sp³-hybridized carbons (Fsp3) is 0.500. The highest BCUT2D eigenvalue weighted by Crippen LogP contribution is 2.41. The minimum absolute atomic E-state index is 0.143. The third kappa shape index (κ3) is 1.12. The molecule has 11 heavy (non-hydrogen) atoms. The van der Waals surface area contributed by atoms with E-state index in [1.165, 1.54) is 0 Å². The Hall–Kier alpha value is -0.280. The van der Waals surface area contributed by atoms with Crippen molar-refractivity contribution in [3.05, 3.63) is 22.1 Å². The Balaban J connectivity index is 2.44. The molecule has 3 heteroatoms. The van der Waals surface area contributed by atoms with E-state index in [4.69, 9.17) is 9.15 Å². The molecule has 1 fully saturated rings. The highest BCUT2D eigenvalue weighted by molar-refractivity contribution is 9.10. The lowest BCUT2D eigenvalue weighted by atomic mass is 10.1. The van der Waals surface area contributed by atoms with E-state index in [0.29, 0.717) is 0 Å². The minimum Gasteiger partial charge on any atom is -0.451 e. The van der Waals surface area contributed by atoms with Crippen LogP contribution in [0.3, 0.4) is 0 Å². The quantitative estimate of drug-likeness (QED) is 0.675. The zero-order chi connectivity index (χ0) is 8.06. The fourth-order valence-corrected chi connectivity index (χ4v) is 1.71. The van der Waals surface area contributed by atoms with Crippen LogP contribution in [0.5, 0.6) is 0 Å². The third-order valence-corrected chi connectivity index (χ3v) is 2.34. The summed E-state index contributed by atoms with van der Waals surface area (Å²) in [6.45, 7) is 4.83. The van der Waals surface area contributed by atoms with E-state index in [0.717, 1.165) is 22.6 Å². The number of rotatable bonds is 1. The van der Waals surface area contributed by atoms with E-state index in [1.807, 2.05) is 19.9 Å². The van der Waals surface area contributed by atoms with E-state index >= 15 is 0 Å². The molecule has 0 spiro atoms. The molecule has 1 aromatic rings. The Labute approximate surface area is 73.7 Å². The lowest BCUT2D eigenvalue weighted by Gasteiger charge is -2.00. The highest BCUT2D eigenvalue weighted by atomic mass is 79.9. The molecule has 2 heterocycles. The lowest BCUT2D eigenvalue weighted by molar-refractivity contribution is 0.280. The molecule has 2 nitrogen and oxygen atoms in total. The summed E-state index contributed by atoms with van der Waals surface area (Å²) in [5.74, 6) is 0.948. The Morgan fingerprint density at radius 1 is 1.64 bits per heavy atom. The first-order valence-corrected chi connectivity index (χ1v) is 4.31. The van der Waals surface area contributed by atoms with Crippen LogP contribution in [0.15, 0.2) is 15.2 Å². The van der Waals surface area contributed by atoms with E-state index in [9.17, 15) is 0 Å². The first-order valence-electron chi connectivity index (χ1n) is 3.52. The second-order valence-corrected chi connectivity index (χ2v) is 3.86. The zero-order valence-electron chi connectivity index (χ0n) is 6.48. The SMILES string of the molecule is Cc1cc(Br)oc1C1(C)CO1. The van der Waals surface area contributed by atoms with Crippen LogP contribution < -0.4 is 0 Å². The summed E-state index contributed by atoms with van der Waals surface area (Å²) in [5, 5.41) is 0. The van der Waals surface area contributed by atoms with E-state index in [2.05, 4.69) is 15.9 Å². The topological polar surface area (TPSA) is 25.7 Å². The van der Waals surface area contributed by atoms with Gasteiger partial charge in [0.25, 0.3) is 0 Å². The molecule has 1 aromatic heterocycles. The van der Waals surface area contributed by atoms with Gasteiger partial charge in [0.2, 0.25) is 0 Å². The molecule has 2 rings (SSSR count). The van der Waals surface area contributed by atoms with Gasteiger partial charge in [-0.2, -0.15) is 0 Å². The summed E-state index contributed by atoms with van der Waals surface area (Å²) in [6.07, 6.45) is 0. The summed E-state index contributed by atoms with van der Waals surface area (Å²) >= 11 is 3.28. The monoisotopic (exact) mass is 216 g/mol. The van der Waals surface area contributed by atoms with Gasteiger partial charge in [0.15, 0.2) is 4.67 Å². The molecule has 1 aliphatic heterocycles. The molecule has 0 saturated carbocycles. The van der Waals surface area contributed by atoms with Gasteiger partial charge < -0.3 is 9.15 Å². The van der Waals surface area contributed by atoms with Crippen LogP contribution >= 0.6 is 15.9 Å². The van der Waals surface area contributed by atoms with Crippen LogP contribution in [0, 0.1) is 6.92 Å².